The molecule has 1 aromatic carbocycles. The molecule has 0 aliphatic heterocycles. The average Bonchev–Trinajstić information content (AvgIpc) is 2.55. The maximum atomic E-state index is 11.5. The number of benzene rings is 1. The van der Waals surface area contributed by atoms with Crippen LogP contribution in [-0.2, 0) is 11.2 Å². The van der Waals surface area contributed by atoms with Gasteiger partial charge in [-0.3, -0.25) is 0 Å². The number of carboxylic acid groups (broad SMARTS) is 1. The molecule has 1 saturated carbocycles. The number of hydrogen-bond donors (Lipinski definition) is 3. The van der Waals surface area contributed by atoms with Crippen LogP contribution in [0.25, 0.3) is 0 Å². The second kappa shape index (κ2) is 8.70. The van der Waals surface area contributed by atoms with Gasteiger partial charge < -0.3 is 20.7 Å². The number of aliphatic hydroxyl groups is 1. The highest BCUT2D eigenvalue weighted by atomic mass is 16.5. The van der Waals surface area contributed by atoms with E-state index < -0.39 is 5.97 Å². The van der Waals surface area contributed by atoms with Crippen molar-refractivity contribution in [2.75, 3.05) is 13.2 Å². The topological polar surface area (TPSA) is 92.8 Å². The fourth-order valence-electron chi connectivity index (χ4n) is 2.94. The van der Waals surface area contributed by atoms with Gasteiger partial charge >= 0.3 is 5.97 Å². The van der Waals surface area contributed by atoms with E-state index in [0.29, 0.717) is 38.0 Å². The molecule has 2 rings (SSSR count). The van der Waals surface area contributed by atoms with Gasteiger partial charge in [0.25, 0.3) is 0 Å². The average molecular weight is 319 g/mol. The van der Waals surface area contributed by atoms with Crippen molar-refractivity contribution in [2.24, 2.45) is 11.7 Å². The van der Waals surface area contributed by atoms with Gasteiger partial charge in [0.05, 0.1) is 6.10 Å². The second-order valence-electron chi connectivity index (χ2n) is 5.96. The highest BCUT2D eigenvalue weighted by Crippen LogP contribution is 2.30. The summed E-state index contributed by atoms with van der Waals surface area (Å²) < 4.78 is 5.42. The van der Waals surface area contributed by atoms with Gasteiger partial charge in [0, 0.05) is 12.1 Å². The standard InChI is InChI=1S/C18H25NO4/c19-11-12-23-16-8-1-13(2-9-16)3-10-17(18(21)22)14-4-6-15(20)7-5-14/h1-2,8-10,14-15,20H,3-7,11-12,19H2,(H,21,22). The maximum Gasteiger partial charge on any atom is 0.331 e. The van der Waals surface area contributed by atoms with Crippen molar-refractivity contribution in [3.05, 3.63) is 41.5 Å². The van der Waals surface area contributed by atoms with Crippen molar-refractivity contribution in [2.45, 2.75) is 38.2 Å². The van der Waals surface area contributed by atoms with Crippen LogP contribution in [0.5, 0.6) is 5.75 Å². The van der Waals surface area contributed by atoms with Gasteiger partial charge in [0.2, 0.25) is 0 Å². The molecular formula is C18H25NO4. The number of aliphatic carboxylic acids is 1. The van der Waals surface area contributed by atoms with Crippen LogP contribution < -0.4 is 10.5 Å². The molecule has 0 heterocycles. The second-order valence-corrected chi connectivity index (χ2v) is 5.96. The first-order valence-corrected chi connectivity index (χ1v) is 8.13. The molecule has 1 aromatic rings. The molecule has 0 atom stereocenters. The fraction of sp³-hybridized carbons (Fsp3) is 0.500. The smallest absolute Gasteiger partial charge is 0.331 e. The zero-order chi connectivity index (χ0) is 16.7. The molecular weight excluding hydrogens is 294 g/mol. The molecule has 4 N–H and O–H groups in total. The summed E-state index contributed by atoms with van der Waals surface area (Å²) in [6.45, 7) is 0.957. The molecule has 23 heavy (non-hydrogen) atoms. The molecule has 0 unspecified atom stereocenters. The summed E-state index contributed by atoms with van der Waals surface area (Å²) in [5, 5.41) is 19.0. The maximum absolute atomic E-state index is 11.5. The number of rotatable bonds is 7. The molecule has 5 heteroatoms. The molecule has 0 spiro atoms. The fourth-order valence-corrected chi connectivity index (χ4v) is 2.94. The molecule has 0 saturated heterocycles. The van der Waals surface area contributed by atoms with Crippen molar-refractivity contribution in [3.63, 3.8) is 0 Å². The monoisotopic (exact) mass is 319 g/mol. The van der Waals surface area contributed by atoms with Gasteiger partial charge in [-0.2, -0.15) is 0 Å². The zero-order valence-electron chi connectivity index (χ0n) is 13.3. The lowest BCUT2D eigenvalue weighted by Gasteiger charge is -2.25. The molecule has 126 valence electrons. The van der Waals surface area contributed by atoms with Crippen LogP contribution in [0.3, 0.4) is 0 Å². The van der Waals surface area contributed by atoms with Crippen molar-refractivity contribution in [1.82, 2.24) is 0 Å². The highest BCUT2D eigenvalue weighted by molar-refractivity contribution is 5.87. The van der Waals surface area contributed by atoms with Crippen molar-refractivity contribution < 1.29 is 19.7 Å². The molecule has 0 bridgehead atoms. The number of carbonyl (C=O) groups is 1. The Bertz CT molecular complexity index is 530. The first-order chi connectivity index (χ1) is 11.1. The number of aliphatic hydroxyl groups excluding tert-OH is 1. The summed E-state index contributed by atoms with van der Waals surface area (Å²) in [4.78, 5) is 11.5. The normalized spacial score (nSPS) is 21.9. The summed E-state index contributed by atoms with van der Waals surface area (Å²) in [6, 6.07) is 7.62. The third-order valence-electron chi connectivity index (χ3n) is 4.25. The third-order valence-corrected chi connectivity index (χ3v) is 4.25. The van der Waals surface area contributed by atoms with E-state index in [0.717, 1.165) is 24.2 Å². The SMILES string of the molecule is NCCOc1ccc(CC=C(C(=O)O)C2CCC(O)CC2)cc1. The Morgan fingerprint density at radius 1 is 1.22 bits per heavy atom. The first kappa shape index (κ1) is 17.5. The zero-order valence-corrected chi connectivity index (χ0v) is 13.3. The van der Waals surface area contributed by atoms with E-state index >= 15 is 0 Å². The van der Waals surface area contributed by atoms with Crippen molar-refractivity contribution >= 4 is 5.97 Å². The van der Waals surface area contributed by atoms with Gasteiger partial charge in [-0.15, -0.1) is 0 Å². The van der Waals surface area contributed by atoms with E-state index in [4.69, 9.17) is 10.5 Å². The minimum absolute atomic E-state index is 0.0445. The van der Waals surface area contributed by atoms with Crippen LogP contribution in [0.4, 0.5) is 0 Å². The Morgan fingerprint density at radius 3 is 2.43 bits per heavy atom. The summed E-state index contributed by atoms with van der Waals surface area (Å²) in [7, 11) is 0. The van der Waals surface area contributed by atoms with Crippen LogP contribution in [0, 0.1) is 5.92 Å². The van der Waals surface area contributed by atoms with Crippen LogP contribution in [0.1, 0.15) is 31.2 Å². The largest absolute Gasteiger partial charge is 0.492 e. The summed E-state index contributed by atoms with van der Waals surface area (Å²) >= 11 is 0. The van der Waals surface area contributed by atoms with Gasteiger partial charge in [-0.05, 0) is 55.7 Å². The first-order valence-electron chi connectivity index (χ1n) is 8.13. The Hall–Kier alpha value is -1.85. The van der Waals surface area contributed by atoms with Gasteiger partial charge in [-0.25, -0.2) is 4.79 Å². The van der Waals surface area contributed by atoms with E-state index in [9.17, 15) is 15.0 Å². The molecule has 1 fully saturated rings. The third kappa shape index (κ3) is 5.37. The molecule has 1 aliphatic carbocycles. The lowest BCUT2D eigenvalue weighted by Crippen LogP contribution is -2.22. The van der Waals surface area contributed by atoms with E-state index in [1.807, 2.05) is 24.3 Å². The van der Waals surface area contributed by atoms with E-state index in [1.165, 1.54) is 0 Å². The summed E-state index contributed by atoms with van der Waals surface area (Å²) in [5.41, 5.74) is 6.90. The minimum atomic E-state index is -0.853. The van der Waals surface area contributed by atoms with Gasteiger partial charge in [0.1, 0.15) is 12.4 Å². The lowest BCUT2D eigenvalue weighted by atomic mass is 9.82. The van der Waals surface area contributed by atoms with Crippen molar-refractivity contribution in [3.8, 4) is 5.75 Å². The molecule has 5 nitrogen and oxygen atoms in total. The van der Waals surface area contributed by atoms with Crippen molar-refractivity contribution in [1.29, 1.82) is 0 Å². The van der Waals surface area contributed by atoms with Crippen LogP contribution in [0.2, 0.25) is 0 Å². The Balaban J connectivity index is 1.98. The Labute approximate surface area is 136 Å². The van der Waals surface area contributed by atoms with Crippen LogP contribution in [0.15, 0.2) is 35.9 Å². The van der Waals surface area contributed by atoms with Crippen LogP contribution >= 0.6 is 0 Å². The van der Waals surface area contributed by atoms with E-state index in [-0.39, 0.29) is 12.0 Å². The summed E-state index contributed by atoms with van der Waals surface area (Å²) in [5.74, 6) is -0.0414. The Morgan fingerprint density at radius 2 is 1.87 bits per heavy atom. The molecule has 0 radical (unpaired) electrons. The molecule has 0 amide bonds. The Kier molecular flexibility index (Phi) is 6.62. The van der Waals surface area contributed by atoms with Gasteiger partial charge in [0.15, 0.2) is 0 Å². The number of hydrogen-bond acceptors (Lipinski definition) is 4. The quantitative estimate of drug-likeness (QED) is 0.670. The number of allylic oxidation sites excluding steroid dienone is 1. The summed E-state index contributed by atoms with van der Waals surface area (Å²) in [6.07, 6.45) is 4.96. The van der Waals surface area contributed by atoms with E-state index in [2.05, 4.69) is 0 Å². The lowest BCUT2D eigenvalue weighted by molar-refractivity contribution is -0.133. The minimum Gasteiger partial charge on any atom is -0.492 e. The molecule has 1 aliphatic rings. The predicted octanol–water partition coefficient (Wildman–Crippen LogP) is 2.13. The number of carboxylic acids is 1. The predicted molar refractivity (Wildman–Crippen MR) is 88.4 cm³/mol. The number of ether oxygens (including phenoxy) is 1. The van der Waals surface area contributed by atoms with E-state index in [1.54, 1.807) is 6.08 Å². The van der Waals surface area contributed by atoms with Gasteiger partial charge in [-0.1, -0.05) is 18.2 Å². The highest BCUT2D eigenvalue weighted by Gasteiger charge is 2.25. The van der Waals surface area contributed by atoms with Crippen LogP contribution in [-0.4, -0.2) is 35.4 Å². The number of nitrogens with two attached hydrogens (primary N) is 1. The molecule has 0 aromatic heterocycles.